The lowest BCUT2D eigenvalue weighted by atomic mass is 10.5. The summed E-state index contributed by atoms with van der Waals surface area (Å²) in [5.41, 5.74) is 0. The molecule has 0 atom stereocenters. The second-order valence-corrected chi connectivity index (χ2v) is 1.66. The van der Waals surface area contributed by atoms with E-state index in [0.29, 0.717) is 0 Å². The minimum absolute atomic E-state index is 0.984. The van der Waals surface area contributed by atoms with Crippen LogP contribution < -0.4 is 0 Å². The Morgan fingerprint density at radius 3 is 1.67 bits per heavy atom. The van der Waals surface area contributed by atoms with Crippen LogP contribution in [0.3, 0.4) is 0 Å². The van der Waals surface area contributed by atoms with Crippen LogP contribution in [0.15, 0.2) is 16.5 Å². The summed E-state index contributed by atoms with van der Waals surface area (Å²) in [6.07, 6.45) is 0. The molecule has 0 fully saturated rings. The van der Waals surface area contributed by atoms with Gasteiger partial charge in [-0.2, -0.15) is 0 Å². The number of hydrogen-bond donors (Lipinski definition) is 2. The first-order chi connectivity index (χ1) is 4.29. The molecule has 0 amide bonds. The number of hydrogen-bond acceptors (Lipinski definition) is 3. The standard InChI is InChI=1S/C6H8O.H2OS/c1-5-3-4-6(2)7-5;1-2/h3-4H,1-2H3;1-2H. The highest BCUT2D eigenvalue weighted by Gasteiger charge is 1.85. The number of aryl methyl sites for hydroxylation is 2. The average molecular weight is 146 g/mol. The molecule has 0 unspecified atom stereocenters. The molecule has 0 aliphatic heterocycles. The van der Waals surface area contributed by atoms with Crippen LogP contribution in [0.1, 0.15) is 11.5 Å². The Labute approximate surface area is 60.1 Å². The predicted molar refractivity (Wildman–Crippen MR) is 39.8 cm³/mol. The van der Waals surface area contributed by atoms with Gasteiger partial charge in [0.1, 0.15) is 11.5 Å². The van der Waals surface area contributed by atoms with Crippen LogP contribution in [-0.4, -0.2) is 4.55 Å². The molecule has 3 heteroatoms. The van der Waals surface area contributed by atoms with E-state index < -0.39 is 0 Å². The van der Waals surface area contributed by atoms with Gasteiger partial charge in [0.25, 0.3) is 0 Å². The molecular formula is C6H10O2S. The van der Waals surface area contributed by atoms with Gasteiger partial charge in [-0.15, -0.1) is 0 Å². The van der Waals surface area contributed by atoms with Crippen molar-refractivity contribution in [2.75, 3.05) is 0 Å². The summed E-state index contributed by atoms with van der Waals surface area (Å²) in [7, 11) is 0. The minimum Gasteiger partial charge on any atom is -0.467 e. The molecule has 52 valence electrons. The third kappa shape index (κ3) is 3.21. The maximum absolute atomic E-state index is 6.69. The van der Waals surface area contributed by atoms with Gasteiger partial charge in [-0.1, -0.05) is 0 Å². The van der Waals surface area contributed by atoms with Crippen molar-refractivity contribution in [3.05, 3.63) is 23.7 Å². The summed E-state index contributed by atoms with van der Waals surface area (Å²) in [5, 5.41) is 0. The van der Waals surface area contributed by atoms with Gasteiger partial charge in [-0.25, -0.2) is 0 Å². The van der Waals surface area contributed by atoms with Crippen molar-refractivity contribution >= 4 is 12.9 Å². The highest BCUT2D eigenvalue weighted by atomic mass is 32.1. The Morgan fingerprint density at radius 2 is 1.56 bits per heavy atom. The molecule has 0 saturated carbocycles. The van der Waals surface area contributed by atoms with E-state index in [9.17, 15) is 0 Å². The Kier molecular flexibility index (Phi) is 4.26. The van der Waals surface area contributed by atoms with Gasteiger partial charge in [0, 0.05) is 0 Å². The lowest BCUT2D eigenvalue weighted by Gasteiger charge is -1.76. The summed E-state index contributed by atoms with van der Waals surface area (Å²) >= 11 is 2.53. The molecule has 2 nitrogen and oxygen atoms in total. The second-order valence-electron chi connectivity index (χ2n) is 1.66. The largest absolute Gasteiger partial charge is 0.467 e. The molecule has 1 N–H and O–H groups in total. The van der Waals surface area contributed by atoms with Crippen LogP contribution in [0, 0.1) is 13.8 Å². The van der Waals surface area contributed by atoms with Crippen LogP contribution in [0.5, 0.6) is 0 Å². The molecule has 0 saturated heterocycles. The van der Waals surface area contributed by atoms with Gasteiger partial charge in [-0.05, 0) is 38.9 Å². The van der Waals surface area contributed by atoms with Gasteiger partial charge in [0.05, 0.1) is 0 Å². The second kappa shape index (κ2) is 4.47. The number of furan rings is 1. The molecule has 0 aromatic carbocycles. The fourth-order valence-electron chi connectivity index (χ4n) is 0.557. The van der Waals surface area contributed by atoms with Crippen LogP contribution in [0.2, 0.25) is 0 Å². The van der Waals surface area contributed by atoms with Crippen molar-refractivity contribution in [1.29, 1.82) is 0 Å². The highest BCUT2D eigenvalue weighted by Crippen LogP contribution is 2.02. The monoisotopic (exact) mass is 146 g/mol. The summed E-state index contributed by atoms with van der Waals surface area (Å²) in [5.74, 6) is 1.97. The third-order valence-electron chi connectivity index (χ3n) is 0.875. The summed E-state index contributed by atoms with van der Waals surface area (Å²) in [6.45, 7) is 3.88. The topological polar surface area (TPSA) is 33.4 Å². The molecule has 0 aliphatic rings. The molecule has 0 spiro atoms. The highest BCUT2D eigenvalue weighted by molar-refractivity contribution is 7.74. The Bertz CT molecular complexity index is 143. The van der Waals surface area contributed by atoms with E-state index in [1.165, 1.54) is 0 Å². The Balaban J connectivity index is 0.000000291. The smallest absolute Gasteiger partial charge is 0.101 e. The lowest BCUT2D eigenvalue weighted by molar-refractivity contribution is 0.504. The maximum atomic E-state index is 6.69. The molecule has 0 radical (unpaired) electrons. The molecule has 9 heavy (non-hydrogen) atoms. The SMILES string of the molecule is Cc1ccc(C)o1.OS. The first-order valence-electron chi connectivity index (χ1n) is 2.52. The fraction of sp³-hybridized carbons (Fsp3) is 0.333. The van der Waals surface area contributed by atoms with E-state index >= 15 is 0 Å². The van der Waals surface area contributed by atoms with Crippen molar-refractivity contribution in [2.24, 2.45) is 0 Å². The van der Waals surface area contributed by atoms with Crippen molar-refractivity contribution in [3.63, 3.8) is 0 Å². The van der Waals surface area contributed by atoms with Crippen LogP contribution in [0.4, 0.5) is 0 Å². The third-order valence-corrected chi connectivity index (χ3v) is 0.875. The van der Waals surface area contributed by atoms with Crippen LogP contribution >= 0.6 is 12.9 Å². The summed E-state index contributed by atoms with van der Waals surface area (Å²) < 4.78 is 11.8. The van der Waals surface area contributed by atoms with E-state index in [1.807, 2.05) is 26.0 Å². The first-order valence-corrected chi connectivity index (χ1v) is 2.92. The molecule has 1 aromatic heterocycles. The maximum Gasteiger partial charge on any atom is 0.101 e. The van der Waals surface area contributed by atoms with Crippen molar-refractivity contribution < 1.29 is 8.97 Å². The summed E-state index contributed by atoms with van der Waals surface area (Å²) in [4.78, 5) is 0. The fourth-order valence-corrected chi connectivity index (χ4v) is 0.557. The van der Waals surface area contributed by atoms with Crippen molar-refractivity contribution in [1.82, 2.24) is 0 Å². The molecular weight excluding hydrogens is 136 g/mol. The van der Waals surface area contributed by atoms with E-state index in [-0.39, 0.29) is 0 Å². The Morgan fingerprint density at radius 1 is 1.22 bits per heavy atom. The van der Waals surface area contributed by atoms with Gasteiger partial charge < -0.3 is 8.97 Å². The Hall–Kier alpha value is -0.410. The van der Waals surface area contributed by atoms with Crippen molar-refractivity contribution in [3.8, 4) is 0 Å². The van der Waals surface area contributed by atoms with Crippen LogP contribution in [-0.2, 0) is 0 Å². The van der Waals surface area contributed by atoms with Crippen LogP contribution in [0.25, 0.3) is 0 Å². The molecule has 0 bridgehead atoms. The molecule has 1 rings (SSSR count). The number of rotatable bonds is 0. The average Bonchev–Trinajstić information content (AvgIpc) is 2.20. The van der Waals surface area contributed by atoms with E-state index in [0.717, 1.165) is 11.5 Å². The van der Waals surface area contributed by atoms with Gasteiger partial charge in [-0.3, -0.25) is 0 Å². The zero-order valence-corrected chi connectivity index (χ0v) is 6.35. The summed E-state index contributed by atoms with van der Waals surface area (Å²) in [6, 6.07) is 3.91. The first kappa shape index (κ1) is 8.59. The van der Waals surface area contributed by atoms with E-state index in [2.05, 4.69) is 12.9 Å². The zero-order chi connectivity index (χ0) is 7.28. The predicted octanol–water partition coefficient (Wildman–Crippen LogP) is 2.29. The molecule has 0 aliphatic carbocycles. The van der Waals surface area contributed by atoms with E-state index in [4.69, 9.17) is 8.97 Å². The molecule has 1 heterocycles. The van der Waals surface area contributed by atoms with E-state index in [1.54, 1.807) is 0 Å². The quantitative estimate of drug-likeness (QED) is 0.435. The minimum atomic E-state index is 0.984. The lowest BCUT2D eigenvalue weighted by Crippen LogP contribution is -1.53. The molecule has 1 aromatic rings. The normalized spacial score (nSPS) is 8.00. The number of thiol groups is 1. The van der Waals surface area contributed by atoms with Gasteiger partial charge in [0.2, 0.25) is 0 Å². The zero-order valence-electron chi connectivity index (χ0n) is 5.46. The van der Waals surface area contributed by atoms with Crippen molar-refractivity contribution in [2.45, 2.75) is 13.8 Å². The van der Waals surface area contributed by atoms with Gasteiger partial charge >= 0.3 is 0 Å². The van der Waals surface area contributed by atoms with Gasteiger partial charge in [0.15, 0.2) is 0 Å².